The molecule has 2 aromatic carbocycles. The number of amides is 2. The van der Waals surface area contributed by atoms with Crippen molar-refractivity contribution in [2.75, 3.05) is 6.61 Å². The van der Waals surface area contributed by atoms with E-state index < -0.39 is 41.6 Å². The fourth-order valence-corrected chi connectivity index (χ4v) is 4.06. The van der Waals surface area contributed by atoms with Gasteiger partial charge < -0.3 is 25.6 Å². The first-order valence-corrected chi connectivity index (χ1v) is 10.8. The average molecular weight is 455 g/mol. The minimum absolute atomic E-state index is 0.0871. The van der Waals surface area contributed by atoms with Crippen molar-refractivity contribution in [3.8, 4) is 11.1 Å². The fraction of sp³-hybridized carbons (Fsp3) is 0.400. The summed E-state index contributed by atoms with van der Waals surface area (Å²) in [7, 11) is 0. The maximum absolute atomic E-state index is 12.8. The molecule has 0 saturated carbocycles. The number of rotatable bonds is 7. The lowest BCUT2D eigenvalue weighted by Crippen LogP contribution is -2.58. The number of benzene rings is 2. The van der Waals surface area contributed by atoms with Crippen LogP contribution in [0.1, 0.15) is 44.7 Å². The van der Waals surface area contributed by atoms with Crippen molar-refractivity contribution >= 4 is 18.0 Å². The predicted octanol–water partition coefficient (Wildman–Crippen LogP) is 2.89. The molecule has 0 fully saturated rings. The van der Waals surface area contributed by atoms with Crippen molar-refractivity contribution in [1.29, 1.82) is 0 Å². The Hall–Kier alpha value is -3.39. The predicted molar refractivity (Wildman–Crippen MR) is 123 cm³/mol. The Morgan fingerprint density at radius 3 is 1.94 bits per heavy atom. The van der Waals surface area contributed by atoms with Crippen LogP contribution in [0.3, 0.4) is 0 Å². The second-order valence-corrected chi connectivity index (χ2v) is 9.33. The van der Waals surface area contributed by atoms with E-state index in [-0.39, 0.29) is 12.5 Å². The largest absolute Gasteiger partial charge is 0.480 e. The molecule has 2 aromatic rings. The zero-order valence-corrected chi connectivity index (χ0v) is 19.2. The second-order valence-electron chi connectivity index (χ2n) is 9.33. The molecule has 0 radical (unpaired) electrons. The van der Waals surface area contributed by atoms with Crippen LogP contribution in [0.5, 0.6) is 0 Å². The van der Waals surface area contributed by atoms with Crippen molar-refractivity contribution in [3.63, 3.8) is 0 Å². The number of hydrogen-bond acceptors (Lipinski definition) is 5. The molecule has 1 aliphatic rings. The average Bonchev–Trinajstić information content (AvgIpc) is 3.06. The Bertz CT molecular complexity index is 998. The third kappa shape index (κ3) is 5.34. The number of carbonyl (C=O) groups excluding carboxylic acids is 2. The molecule has 176 valence electrons. The molecular formula is C25H30N2O6. The molecule has 8 nitrogen and oxygen atoms in total. The summed E-state index contributed by atoms with van der Waals surface area (Å²) < 4.78 is 5.52. The molecule has 0 bridgehead atoms. The summed E-state index contributed by atoms with van der Waals surface area (Å²) in [6.07, 6.45) is -2.09. The number of carboxylic acids is 1. The van der Waals surface area contributed by atoms with Crippen molar-refractivity contribution < 1.29 is 29.3 Å². The first-order valence-electron chi connectivity index (χ1n) is 10.8. The molecule has 0 unspecified atom stereocenters. The normalized spacial score (nSPS) is 15.5. The number of hydrogen-bond donors (Lipinski definition) is 4. The highest BCUT2D eigenvalue weighted by Crippen LogP contribution is 2.44. The van der Waals surface area contributed by atoms with Gasteiger partial charge in [-0.25, -0.2) is 9.59 Å². The van der Waals surface area contributed by atoms with Gasteiger partial charge in [0.25, 0.3) is 0 Å². The van der Waals surface area contributed by atoms with Crippen LogP contribution in [-0.2, 0) is 14.3 Å². The summed E-state index contributed by atoms with van der Waals surface area (Å²) in [5, 5.41) is 23.8. The Labute approximate surface area is 193 Å². The zero-order valence-electron chi connectivity index (χ0n) is 19.2. The van der Waals surface area contributed by atoms with Crippen molar-refractivity contribution in [1.82, 2.24) is 10.6 Å². The van der Waals surface area contributed by atoms with Crippen LogP contribution in [0.15, 0.2) is 48.5 Å². The lowest BCUT2D eigenvalue weighted by atomic mass is 9.86. The molecular weight excluding hydrogens is 424 g/mol. The number of aliphatic carboxylic acids is 1. The molecule has 33 heavy (non-hydrogen) atoms. The molecule has 0 heterocycles. The number of carboxylic acid groups (broad SMARTS) is 1. The smallest absolute Gasteiger partial charge is 0.407 e. The quantitative estimate of drug-likeness (QED) is 0.510. The molecule has 0 spiro atoms. The monoisotopic (exact) mass is 454 g/mol. The SMILES string of the molecule is C[C@@H](O)[C@H](NC(=O)[C@H](NC(=O)OCC1c2ccccc2-c2ccccc21)C(C)(C)C)C(=O)O. The molecule has 0 aliphatic heterocycles. The van der Waals surface area contributed by atoms with Crippen LogP contribution in [0.25, 0.3) is 11.1 Å². The van der Waals surface area contributed by atoms with E-state index in [0.717, 1.165) is 22.3 Å². The van der Waals surface area contributed by atoms with Crippen molar-refractivity contribution in [2.24, 2.45) is 5.41 Å². The number of fused-ring (bicyclic) bond motifs is 3. The maximum atomic E-state index is 12.8. The van der Waals surface area contributed by atoms with E-state index in [9.17, 15) is 24.6 Å². The Kier molecular flexibility index (Phi) is 7.07. The summed E-state index contributed by atoms with van der Waals surface area (Å²) in [5.74, 6) is -2.21. The summed E-state index contributed by atoms with van der Waals surface area (Å²) in [6.45, 7) is 6.56. The van der Waals surface area contributed by atoms with Gasteiger partial charge in [0, 0.05) is 5.92 Å². The summed E-state index contributed by atoms with van der Waals surface area (Å²) in [5.41, 5.74) is 3.60. The first-order chi connectivity index (χ1) is 15.5. The number of nitrogens with one attached hydrogen (secondary N) is 2. The Morgan fingerprint density at radius 1 is 0.970 bits per heavy atom. The minimum atomic E-state index is -1.49. The van der Waals surface area contributed by atoms with Crippen molar-refractivity contribution in [3.05, 3.63) is 59.7 Å². The number of aliphatic hydroxyl groups is 1. The summed E-state index contributed by atoms with van der Waals surface area (Å²) in [4.78, 5) is 36.8. The van der Waals surface area contributed by atoms with Gasteiger partial charge in [0.1, 0.15) is 12.6 Å². The molecule has 8 heteroatoms. The van der Waals surface area contributed by atoms with Gasteiger partial charge in [-0.15, -0.1) is 0 Å². The molecule has 2 amide bonds. The van der Waals surface area contributed by atoms with Crippen molar-refractivity contribution in [2.45, 2.75) is 51.8 Å². The van der Waals surface area contributed by atoms with Crippen LogP contribution < -0.4 is 10.6 Å². The minimum Gasteiger partial charge on any atom is -0.480 e. The van der Waals surface area contributed by atoms with Gasteiger partial charge in [0.05, 0.1) is 6.10 Å². The Morgan fingerprint density at radius 2 is 1.48 bits per heavy atom. The highest BCUT2D eigenvalue weighted by molar-refractivity contribution is 5.90. The van der Waals surface area contributed by atoms with Gasteiger partial charge in [0.2, 0.25) is 5.91 Å². The van der Waals surface area contributed by atoms with Gasteiger partial charge >= 0.3 is 12.1 Å². The molecule has 3 rings (SSSR count). The van der Waals surface area contributed by atoms with Gasteiger partial charge in [-0.05, 0) is 34.6 Å². The second kappa shape index (κ2) is 9.62. The molecule has 4 N–H and O–H groups in total. The third-order valence-corrected chi connectivity index (χ3v) is 5.78. The lowest BCUT2D eigenvalue weighted by Gasteiger charge is -2.31. The topological polar surface area (TPSA) is 125 Å². The molecule has 0 saturated heterocycles. The summed E-state index contributed by atoms with van der Waals surface area (Å²) >= 11 is 0. The Balaban J connectivity index is 1.71. The zero-order chi connectivity index (χ0) is 24.3. The van der Waals surface area contributed by atoms with E-state index in [4.69, 9.17) is 4.74 Å². The fourth-order valence-electron chi connectivity index (χ4n) is 4.06. The number of ether oxygens (including phenoxy) is 1. The molecule has 0 aromatic heterocycles. The van der Waals surface area contributed by atoms with E-state index in [1.54, 1.807) is 20.8 Å². The van der Waals surface area contributed by atoms with Crippen LogP contribution in [-0.4, -0.2) is 53.0 Å². The van der Waals surface area contributed by atoms with Crippen LogP contribution in [0, 0.1) is 5.41 Å². The number of aliphatic hydroxyl groups excluding tert-OH is 1. The number of carbonyl (C=O) groups is 3. The maximum Gasteiger partial charge on any atom is 0.407 e. The van der Waals surface area contributed by atoms with Crippen LogP contribution in [0.2, 0.25) is 0 Å². The van der Waals surface area contributed by atoms with E-state index in [0.29, 0.717) is 0 Å². The lowest BCUT2D eigenvalue weighted by molar-refractivity contribution is -0.145. The van der Waals surface area contributed by atoms with Gasteiger partial charge in [0.15, 0.2) is 6.04 Å². The van der Waals surface area contributed by atoms with E-state index in [2.05, 4.69) is 10.6 Å². The molecule has 1 aliphatic carbocycles. The van der Waals surface area contributed by atoms with Gasteiger partial charge in [-0.3, -0.25) is 4.79 Å². The van der Waals surface area contributed by atoms with Crippen LogP contribution >= 0.6 is 0 Å². The van der Waals surface area contributed by atoms with E-state index in [1.807, 2.05) is 48.5 Å². The first kappa shape index (κ1) is 24.3. The van der Waals surface area contributed by atoms with E-state index >= 15 is 0 Å². The number of alkyl carbamates (subject to hydrolysis) is 1. The van der Waals surface area contributed by atoms with Gasteiger partial charge in [-0.1, -0.05) is 69.3 Å². The summed E-state index contributed by atoms with van der Waals surface area (Å²) in [6, 6.07) is 13.3. The van der Waals surface area contributed by atoms with E-state index in [1.165, 1.54) is 6.92 Å². The molecule has 3 atom stereocenters. The standard InChI is InChI=1S/C25H30N2O6/c1-14(28)20(23(30)31)26-22(29)21(25(2,3)4)27-24(32)33-13-19-17-11-7-5-9-15(17)16-10-6-8-12-18(16)19/h5-12,14,19-21,28H,13H2,1-4H3,(H,26,29)(H,27,32)(H,30,31)/t14-,20+,21+/m1/s1. The highest BCUT2D eigenvalue weighted by Gasteiger charge is 2.37. The highest BCUT2D eigenvalue weighted by atomic mass is 16.5. The third-order valence-electron chi connectivity index (χ3n) is 5.78. The van der Waals surface area contributed by atoms with Gasteiger partial charge in [-0.2, -0.15) is 0 Å². The van der Waals surface area contributed by atoms with Crippen LogP contribution in [0.4, 0.5) is 4.79 Å².